The van der Waals surface area contributed by atoms with Crippen molar-refractivity contribution >= 4 is 28.9 Å². The molecule has 3 aromatic rings. The maximum atomic E-state index is 13.1. The number of nitriles is 1. The molecule has 0 bridgehead atoms. The van der Waals surface area contributed by atoms with Crippen LogP contribution in [0.2, 0.25) is 0 Å². The van der Waals surface area contributed by atoms with Gasteiger partial charge in [-0.3, -0.25) is 14.2 Å². The van der Waals surface area contributed by atoms with Gasteiger partial charge in [-0.2, -0.15) is 5.26 Å². The van der Waals surface area contributed by atoms with Gasteiger partial charge in [0.05, 0.1) is 36.8 Å². The van der Waals surface area contributed by atoms with Crippen LogP contribution in [-0.4, -0.2) is 41.7 Å². The highest BCUT2D eigenvalue weighted by Gasteiger charge is 2.23. The molecule has 4 heterocycles. The number of rotatable bonds is 4. The quantitative estimate of drug-likeness (QED) is 0.620. The molecule has 4 rings (SSSR count). The number of ether oxygens (including phenoxy) is 1. The van der Waals surface area contributed by atoms with Crippen LogP contribution in [0.15, 0.2) is 50.4 Å². The zero-order valence-electron chi connectivity index (χ0n) is 15.4. The van der Waals surface area contributed by atoms with E-state index < -0.39 is 5.91 Å². The van der Waals surface area contributed by atoms with Crippen molar-refractivity contribution in [2.75, 3.05) is 26.3 Å². The van der Waals surface area contributed by atoms with Crippen molar-refractivity contribution in [2.24, 2.45) is 0 Å². The molecule has 29 heavy (non-hydrogen) atoms. The first-order valence-electron chi connectivity index (χ1n) is 8.96. The third kappa shape index (κ3) is 3.94. The van der Waals surface area contributed by atoms with Crippen molar-refractivity contribution in [3.8, 4) is 6.07 Å². The van der Waals surface area contributed by atoms with Crippen molar-refractivity contribution in [1.29, 1.82) is 5.26 Å². The lowest BCUT2D eigenvalue weighted by Crippen LogP contribution is -2.43. The molecule has 1 aliphatic rings. The molecule has 9 heteroatoms. The Kier molecular flexibility index (Phi) is 5.46. The van der Waals surface area contributed by atoms with Crippen molar-refractivity contribution in [3.63, 3.8) is 0 Å². The molecule has 1 fully saturated rings. The molecule has 0 aliphatic carbocycles. The first-order chi connectivity index (χ1) is 14.2. The van der Waals surface area contributed by atoms with Gasteiger partial charge in [0.1, 0.15) is 22.3 Å². The van der Waals surface area contributed by atoms with E-state index in [1.807, 2.05) is 6.07 Å². The SMILES string of the molecule is N#C/C(C(=O)N1CCOCC1)=c1\s/c(=C\c2ccco2)c(=O)n1Cc1ccco1. The summed E-state index contributed by atoms with van der Waals surface area (Å²) in [5.74, 6) is 0.652. The normalized spacial score (nSPS) is 16.0. The molecule has 0 aromatic carbocycles. The summed E-state index contributed by atoms with van der Waals surface area (Å²) in [5, 5.41) is 9.76. The average molecular weight is 411 g/mol. The van der Waals surface area contributed by atoms with E-state index in [4.69, 9.17) is 13.6 Å². The van der Waals surface area contributed by atoms with E-state index in [0.29, 0.717) is 47.0 Å². The number of nitrogens with zero attached hydrogens (tertiary/aromatic N) is 3. The van der Waals surface area contributed by atoms with Crippen LogP contribution in [0.3, 0.4) is 0 Å². The van der Waals surface area contributed by atoms with E-state index in [9.17, 15) is 14.9 Å². The zero-order chi connectivity index (χ0) is 20.2. The van der Waals surface area contributed by atoms with Crippen molar-refractivity contribution in [1.82, 2.24) is 9.47 Å². The third-order valence-corrected chi connectivity index (χ3v) is 5.59. The molecule has 0 atom stereocenters. The molecule has 148 valence electrons. The number of furan rings is 2. The van der Waals surface area contributed by atoms with Crippen LogP contribution in [0.4, 0.5) is 0 Å². The van der Waals surface area contributed by atoms with E-state index in [0.717, 1.165) is 11.3 Å². The average Bonchev–Trinajstić information content (AvgIpc) is 3.50. The minimum atomic E-state index is -0.408. The van der Waals surface area contributed by atoms with Gasteiger partial charge in [-0.15, -0.1) is 11.3 Å². The molecule has 3 aromatic heterocycles. The summed E-state index contributed by atoms with van der Waals surface area (Å²) in [6.45, 7) is 1.77. The Bertz CT molecular complexity index is 1210. The summed E-state index contributed by atoms with van der Waals surface area (Å²) in [4.78, 5) is 27.6. The first kappa shape index (κ1) is 19.0. The second-order valence-corrected chi connectivity index (χ2v) is 7.32. The number of carbonyl (C=O) groups excluding carboxylic acids is 1. The van der Waals surface area contributed by atoms with Gasteiger partial charge < -0.3 is 18.5 Å². The predicted molar refractivity (Wildman–Crippen MR) is 104 cm³/mol. The van der Waals surface area contributed by atoms with E-state index >= 15 is 0 Å². The number of thiazole rings is 1. The second kappa shape index (κ2) is 8.34. The highest BCUT2D eigenvalue weighted by atomic mass is 32.1. The Balaban J connectivity index is 1.90. The Morgan fingerprint density at radius 3 is 2.62 bits per heavy atom. The van der Waals surface area contributed by atoms with Gasteiger partial charge >= 0.3 is 0 Å². The van der Waals surface area contributed by atoms with Gasteiger partial charge in [-0.25, -0.2) is 0 Å². The Morgan fingerprint density at radius 1 is 1.21 bits per heavy atom. The first-order valence-corrected chi connectivity index (χ1v) is 9.77. The number of hydrogen-bond acceptors (Lipinski definition) is 7. The predicted octanol–water partition coefficient (Wildman–Crippen LogP) is 0.506. The van der Waals surface area contributed by atoms with Crippen LogP contribution in [0, 0.1) is 11.3 Å². The summed E-state index contributed by atoms with van der Waals surface area (Å²) in [6, 6.07) is 8.90. The minimum Gasteiger partial charge on any atom is -0.467 e. The number of amides is 1. The van der Waals surface area contributed by atoms with E-state index in [1.165, 1.54) is 17.1 Å². The van der Waals surface area contributed by atoms with Crippen molar-refractivity contribution < 1.29 is 18.4 Å². The van der Waals surface area contributed by atoms with Gasteiger partial charge in [0, 0.05) is 19.2 Å². The summed E-state index contributed by atoms with van der Waals surface area (Å²) >= 11 is 1.09. The molecule has 1 amide bonds. The third-order valence-electron chi connectivity index (χ3n) is 4.46. The fourth-order valence-electron chi connectivity index (χ4n) is 3.02. The number of carbonyl (C=O) groups is 1. The van der Waals surface area contributed by atoms with Crippen LogP contribution < -0.4 is 14.8 Å². The summed E-state index contributed by atoms with van der Waals surface area (Å²) in [5.41, 5.74) is -0.389. The van der Waals surface area contributed by atoms with E-state index in [-0.39, 0.29) is 17.7 Å². The molecule has 0 N–H and O–H groups in total. The summed E-state index contributed by atoms with van der Waals surface area (Å²) in [6.07, 6.45) is 4.62. The highest BCUT2D eigenvalue weighted by molar-refractivity contribution is 7.07. The van der Waals surface area contributed by atoms with Gasteiger partial charge in [0.15, 0.2) is 5.57 Å². The van der Waals surface area contributed by atoms with Crippen molar-refractivity contribution in [3.05, 3.63) is 67.9 Å². The van der Waals surface area contributed by atoms with Crippen LogP contribution in [0.5, 0.6) is 0 Å². The Morgan fingerprint density at radius 2 is 1.97 bits per heavy atom. The largest absolute Gasteiger partial charge is 0.467 e. The molecule has 1 saturated heterocycles. The van der Waals surface area contributed by atoms with Gasteiger partial charge in [0.25, 0.3) is 11.5 Å². The molecular weight excluding hydrogens is 394 g/mol. The lowest BCUT2D eigenvalue weighted by Gasteiger charge is -2.26. The summed E-state index contributed by atoms with van der Waals surface area (Å²) in [7, 11) is 0. The molecule has 0 spiro atoms. The fourth-order valence-corrected chi connectivity index (χ4v) is 4.10. The smallest absolute Gasteiger partial charge is 0.269 e. The Labute approximate surface area is 169 Å². The number of morpholine rings is 1. The van der Waals surface area contributed by atoms with Gasteiger partial charge in [0.2, 0.25) is 0 Å². The van der Waals surface area contributed by atoms with Gasteiger partial charge in [-0.1, -0.05) is 0 Å². The molecular formula is C20H17N3O5S. The zero-order valence-corrected chi connectivity index (χ0v) is 16.2. The van der Waals surface area contributed by atoms with E-state index in [2.05, 4.69) is 0 Å². The van der Waals surface area contributed by atoms with Crippen LogP contribution in [-0.2, 0) is 16.1 Å². The second-order valence-electron chi connectivity index (χ2n) is 6.29. The topological polar surface area (TPSA) is 102 Å². The minimum absolute atomic E-state index is 0.0698. The Hall–Kier alpha value is -3.35. The maximum absolute atomic E-state index is 13.1. The number of aromatic nitrogens is 1. The standard InChI is InChI=1S/C20H17N3O5S/c21-12-16(18(24)22-5-9-26-10-6-22)20-23(13-15-4-2-8-28-15)19(25)17(29-20)11-14-3-1-7-27-14/h1-4,7-8,11H,5-6,9-10,13H2/b17-11-,20-16+. The molecule has 8 nitrogen and oxygen atoms in total. The lowest BCUT2D eigenvalue weighted by atomic mass is 10.2. The highest BCUT2D eigenvalue weighted by Crippen LogP contribution is 2.07. The lowest BCUT2D eigenvalue weighted by molar-refractivity contribution is -0.128. The van der Waals surface area contributed by atoms with Crippen LogP contribution in [0.1, 0.15) is 11.5 Å². The number of hydrogen-bond donors (Lipinski definition) is 0. The fraction of sp³-hybridized carbons (Fsp3) is 0.250. The monoisotopic (exact) mass is 411 g/mol. The molecule has 0 unspecified atom stereocenters. The van der Waals surface area contributed by atoms with Gasteiger partial charge in [-0.05, 0) is 24.3 Å². The molecule has 0 saturated carbocycles. The van der Waals surface area contributed by atoms with Crippen molar-refractivity contribution in [2.45, 2.75) is 6.54 Å². The van der Waals surface area contributed by atoms with Crippen LogP contribution >= 0.6 is 11.3 Å². The van der Waals surface area contributed by atoms with E-state index in [1.54, 1.807) is 35.2 Å². The maximum Gasteiger partial charge on any atom is 0.269 e. The molecule has 0 radical (unpaired) electrons. The summed E-state index contributed by atoms with van der Waals surface area (Å²) < 4.78 is 18.0. The van der Waals surface area contributed by atoms with Crippen LogP contribution in [0.25, 0.3) is 11.6 Å². The molecule has 1 aliphatic heterocycles.